The van der Waals surface area contributed by atoms with Gasteiger partial charge in [-0.15, -0.1) is 0 Å². The van der Waals surface area contributed by atoms with Crippen LogP contribution >= 0.6 is 11.6 Å². The number of amides is 2. The molecule has 0 bridgehead atoms. The normalized spacial score (nSPS) is 26.2. The molecule has 0 spiro atoms. The first-order valence-corrected chi connectivity index (χ1v) is 22.1. The van der Waals surface area contributed by atoms with Crippen molar-refractivity contribution < 1.29 is 30.0 Å². The van der Waals surface area contributed by atoms with Gasteiger partial charge in [0.1, 0.15) is 18.3 Å². The van der Waals surface area contributed by atoms with Crippen LogP contribution in [-0.2, 0) is 9.59 Å². The van der Waals surface area contributed by atoms with Crippen LogP contribution in [0.25, 0.3) is 22.3 Å². The van der Waals surface area contributed by atoms with Crippen molar-refractivity contribution >= 4 is 63.3 Å². The van der Waals surface area contributed by atoms with Crippen molar-refractivity contribution in [3.05, 3.63) is 89.7 Å². The number of anilines is 3. The fourth-order valence-corrected chi connectivity index (χ4v) is 9.82. The fourth-order valence-electron chi connectivity index (χ4n) is 9.66. The van der Waals surface area contributed by atoms with Gasteiger partial charge in [-0.05, 0) is 42.0 Å². The van der Waals surface area contributed by atoms with E-state index in [4.69, 9.17) is 32.3 Å². The summed E-state index contributed by atoms with van der Waals surface area (Å²) < 4.78 is 3.43. The molecule has 2 saturated carbocycles. The smallest absolute Gasteiger partial charge is 0.229 e. The lowest BCUT2D eigenvalue weighted by atomic mass is 9.90. The van der Waals surface area contributed by atoms with E-state index in [9.17, 15) is 30.0 Å². The lowest BCUT2D eigenvalue weighted by molar-refractivity contribution is -0.124. The lowest BCUT2D eigenvalue weighted by Crippen LogP contribution is -2.42. The number of hydrogen-bond donors (Lipinski definition) is 8. The largest absolute Gasteiger partial charge is 0.390 e. The Labute approximate surface area is 373 Å². The fraction of sp³-hybridized carbons (Fsp3) is 0.455. The highest BCUT2D eigenvalue weighted by Gasteiger charge is 2.47. The second-order valence-corrected chi connectivity index (χ2v) is 17.5. The van der Waals surface area contributed by atoms with Gasteiger partial charge in [0.25, 0.3) is 0 Å². The predicted octanol–water partition coefficient (Wildman–Crippen LogP) is 2.52. The number of rotatable bonds is 14. The predicted molar refractivity (Wildman–Crippen MR) is 239 cm³/mol. The molecule has 4 aromatic heterocycles. The van der Waals surface area contributed by atoms with Crippen molar-refractivity contribution in [1.29, 1.82) is 0 Å². The molecule has 2 aromatic carbocycles. The van der Waals surface area contributed by atoms with Gasteiger partial charge < -0.3 is 56.1 Å². The number of carbonyl (C=O) groups excluding carboxylic acids is 2. The number of nitrogens with two attached hydrogens (primary N) is 1. The quantitative estimate of drug-likeness (QED) is 0.0731. The van der Waals surface area contributed by atoms with Crippen LogP contribution in [0, 0.1) is 11.8 Å². The first-order chi connectivity index (χ1) is 30.9. The molecular weight excluding hydrogens is 842 g/mol. The van der Waals surface area contributed by atoms with E-state index < -0.39 is 60.3 Å². The van der Waals surface area contributed by atoms with E-state index in [-0.39, 0.29) is 42.4 Å². The van der Waals surface area contributed by atoms with Gasteiger partial charge in [-0.25, -0.2) is 9.97 Å². The van der Waals surface area contributed by atoms with Crippen LogP contribution in [-0.4, -0.2) is 127 Å². The Balaban J connectivity index is 1.01. The van der Waals surface area contributed by atoms with Gasteiger partial charge in [0.05, 0.1) is 36.9 Å². The Morgan fingerprint density at radius 1 is 0.812 bits per heavy atom. The SMILES string of the molecule is CCC(=O)N[C@H]1C[C@@H](n2cnc3c(N[C@@H]4CCN(c5nc(NCC(c6ccccc6)c6ccccc6)c6ncn([C@@H]7C[C@@H](C(C)C(N)=O)[C@@H](O)[C@H]7O)c6n5)C4)nc(Cl)nc32)[C@H](O)[C@@H]1O. The summed E-state index contributed by atoms with van der Waals surface area (Å²) >= 11 is 6.50. The summed E-state index contributed by atoms with van der Waals surface area (Å²) in [7, 11) is 0. The summed E-state index contributed by atoms with van der Waals surface area (Å²) in [5.41, 5.74) is 9.61. The summed E-state index contributed by atoms with van der Waals surface area (Å²) in [6.45, 7) is 4.87. The number of aromatic nitrogens is 8. The minimum Gasteiger partial charge on any atom is -0.390 e. The van der Waals surface area contributed by atoms with Gasteiger partial charge in [0.2, 0.25) is 23.0 Å². The molecule has 6 aromatic rings. The molecule has 5 heterocycles. The summed E-state index contributed by atoms with van der Waals surface area (Å²) in [4.78, 5) is 54.8. The Hall–Kier alpha value is -5.99. The van der Waals surface area contributed by atoms with E-state index in [0.717, 1.165) is 11.1 Å². The molecule has 9 rings (SSSR count). The van der Waals surface area contributed by atoms with Crippen molar-refractivity contribution in [3.8, 4) is 0 Å². The lowest BCUT2D eigenvalue weighted by Gasteiger charge is -2.22. The van der Waals surface area contributed by atoms with Crippen molar-refractivity contribution in [1.82, 2.24) is 44.4 Å². The van der Waals surface area contributed by atoms with Crippen LogP contribution in [0.3, 0.4) is 0 Å². The minimum atomic E-state index is -1.20. The molecule has 9 N–H and O–H groups in total. The molecule has 1 saturated heterocycles. The van der Waals surface area contributed by atoms with Gasteiger partial charge in [-0.1, -0.05) is 74.5 Å². The van der Waals surface area contributed by atoms with E-state index in [1.165, 1.54) is 6.33 Å². The van der Waals surface area contributed by atoms with Crippen LogP contribution in [0.1, 0.15) is 68.7 Å². The summed E-state index contributed by atoms with van der Waals surface area (Å²) in [6.07, 6.45) is -0.181. The van der Waals surface area contributed by atoms with Gasteiger partial charge in [0.15, 0.2) is 34.0 Å². The highest BCUT2D eigenvalue weighted by Crippen LogP contribution is 2.42. The molecule has 19 nitrogen and oxygen atoms in total. The van der Waals surface area contributed by atoms with E-state index in [1.807, 2.05) is 41.3 Å². The number of imidazole rings is 2. The number of nitrogens with one attached hydrogen (secondary N) is 3. The van der Waals surface area contributed by atoms with Crippen LogP contribution in [0.15, 0.2) is 73.3 Å². The third kappa shape index (κ3) is 8.17. The third-order valence-corrected chi connectivity index (χ3v) is 13.5. The molecule has 3 aliphatic rings. The van der Waals surface area contributed by atoms with Crippen LogP contribution in [0.5, 0.6) is 0 Å². The maximum absolute atomic E-state index is 12.2. The molecule has 3 fully saturated rings. The highest BCUT2D eigenvalue weighted by atomic mass is 35.5. The number of carbonyl (C=O) groups is 2. The van der Waals surface area contributed by atoms with Gasteiger partial charge >= 0.3 is 0 Å². The van der Waals surface area contributed by atoms with Crippen molar-refractivity contribution in [3.63, 3.8) is 0 Å². The molecule has 2 aliphatic carbocycles. The monoisotopic (exact) mass is 893 g/mol. The van der Waals surface area contributed by atoms with Crippen LogP contribution < -0.4 is 26.6 Å². The Kier molecular flexibility index (Phi) is 12.1. The second-order valence-electron chi connectivity index (χ2n) is 17.1. The zero-order valence-corrected chi connectivity index (χ0v) is 36.1. The topological polar surface area (TPSA) is 268 Å². The van der Waals surface area contributed by atoms with Gasteiger partial charge in [-0.2, -0.15) is 19.9 Å². The molecule has 20 heteroatoms. The zero-order valence-electron chi connectivity index (χ0n) is 35.3. The first kappa shape index (κ1) is 43.3. The summed E-state index contributed by atoms with van der Waals surface area (Å²) in [5, 5.41) is 54.2. The van der Waals surface area contributed by atoms with Crippen LogP contribution in [0.2, 0.25) is 5.28 Å². The number of halogens is 1. The Morgan fingerprint density at radius 3 is 2.06 bits per heavy atom. The number of aliphatic hydroxyl groups is 4. The Morgan fingerprint density at radius 2 is 1.42 bits per heavy atom. The molecule has 336 valence electrons. The molecular formula is C44H52ClN13O6. The molecule has 1 unspecified atom stereocenters. The second kappa shape index (κ2) is 17.9. The summed E-state index contributed by atoms with van der Waals surface area (Å²) in [5.74, 6) is -0.740. The molecule has 0 radical (unpaired) electrons. The van der Waals surface area contributed by atoms with Crippen molar-refractivity contribution in [2.24, 2.45) is 17.6 Å². The average Bonchev–Trinajstić information content (AvgIpc) is 4.14. The third-order valence-electron chi connectivity index (χ3n) is 13.3. The standard InChI is InChI=1S/C44H52ClN13O6/c1-3-31(59)51-28-17-30(37(63)35(28)61)58-21-49-33-40(52-43(45)54-41(33)58)50-25-14-15-56(19-25)44-53-39(47-18-27(23-10-6-4-7-11-23)24-12-8-5-9-13-24)32-42(55-44)57(20-48-32)29-16-26(22(2)38(46)64)34(60)36(29)62/h4-13,20-22,25-30,34-37,60-63H,3,14-19H2,1-2H3,(H2,46,64)(H,51,59)(H,47,53,55)(H,50,52,54)/t22?,25-,26+,28+,29-,30-,34-,35-,36+,37+/m1/s1. The zero-order chi connectivity index (χ0) is 44.8. The van der Waals surface area contributed by atoms with Gasteiger partial charge in [0, 0.05) is 49.9 Å². The number of hydrogen-bond acceptors (Lipinski definition) is 15. The first-order valence-electron chi connectivity index (χ1n) is 21.7. The van der Waals surface area contributed by atoms with Crippen LogP contribution in [0.4, 0.5) is 17.6 Å². The van der Waals surface area contributed by atoms with E-state index in [1.54, 1.807) is 29.3 Å². The number of nitrogens with zero attached hydrogens (tertiary/aromatic N) is 9. The average molecular weight is 894 g/mol. The van der Waals surface area contributed by atoms with E-state index in [2.05, 4.69) is 55.2 Å². The number of fused-ring (bicyclic) bond motifs is 2. The number of benzene rings is 2. The maximum Gasteiger partial charge on any atom is 0.229 e. The Bertz CT molecular complexity index is 2600. The maximum atomic E-state index is 12.2. The van der Waals surface area contributed by atoms with Crippen molar-refractivity contribution in [2.45, 2.75) is 94.0 Å². The van der Waals surface area contributed by atoms with E-state index in [0.29, 0.717) is 66.0 Å². The molecule has 64 heavy (non-hydrogen) atoms. The summed E-state index contributed by atoms with van der Waals surface area (Å²) in [6, 6.07) is 18.3. The van der Waals surface area contributed by atoms with E-state index >= 15 is 0 Å². The highest BCUT2D eigenvalue weighted by molar-refractivity contribution is 6.28. The molecule has 1 aliphatic heterocycles. The minimum absolute atomic E-state index is 0.0356. The van der Waals surface area contributed by atoms with Gasteiger partial charge in [-0.3, -0.25) is 9.59 Å². The molecule has 10 atom stereocenters. The number of aliphatic hydroxyl groups excluding tert-OH is 4. The molecule has 2 amide bonds. The number of primary amides is 1. The van der Waals surface area contributed by atoms with Crippen molar-refractivity contribution in [2.75, 3.05) is 35.2 Å².